The molecule has 0 saturated heterocycles. The van der Waals surface area contributed by atoms with E-state index < -0.39 is 0 Å². The lowest BCUT2D eigenvalue weighted by atomic mass is 10.4. The predicted octanol–water partition coefficient (Wildman–Crippen LogP) is 0.466. The normalized spacial score (nSPS) is 10.5. The topological polar surface area (TPSA) is 85.8 Å². The van der Waals surface area contributed by atoms with Crippen LogP contribution < -0.4 is 11.1 Å². The standard InChI is InChI=1S/C11H15N5OS/c12-4-2-5-13-11(17)10-8-16(15-14-10)7-9-3-1-6-18-9/h1,3,6,8H,2,4-5,7,12H2,(H,13,17). The van der Waals surface area contributed by atoms with Crippen molar-refractivity contribution in [2.24, 2.45) is 5.73 Å². The summed E-state index contributed by atoms with van der Waals surface area (Å²) in [4.78, 5) is 12.8. The molecule has 96 valence electrons. The summed E-state index contributed by atoms with van der Waals surface area (Å²) in [6.07, 6.45) is 2.41. The van der Waals surface area contributed by atoms with Crippen LogP contribution in [0.2, 0.25) is 0 Å². The van der Waals surface area contributed by atoms with E-state index in [-0.39, 0.29) is 5.91 Å². The molecule has 0 atom stereocenters. The fraction of sp³-hybridized carbons (Fsp3) is 0.364. The Kier molecular flexibility index (Phi) is 4.43. The van der Waals surface area contributed by atoms with Gasteiger partial charge in [-0.1, -0.05) is 11.3 Å². The lowest BCUT2D eigenvalue weighted by molar-refractivity contribution is 0.0948. The summed E-state index contributed by atoms with van der Waals surface area (Å²) in [6, 6.07) is 4.00. The zero-order chi connectivity index (χ0) is 12.8. The molecule has 0 aromatic carbocycles. The summed E-state index contributed by atoms with van der Waals surface area (Å²) in [5, 5.41) is 12.5. The van der Waals surface area contributed by atoms with Crippen molar-refractivity contribution < 1.29 is 4.79 Å². The fourth-order valence-corrected chi connectivity index (χ4v) is 2.13. The fourth-order valence-electron chi connectivity index (χ4n) is 1.44. The van der Waals surface area contributed by atoms with E-state index in [4.69, 9.17) is 5.73 Å². The van der Waals surface area contributed by atoms with E-state index in [2.05, 4.69) is 15.6 Å². The van der Waals surface area contributed by atoms with Gasteiger partial charge in [0.15, 0.2) is 5.69 Å². The van der Waals surface area contributed by atoms with Crippen molar-refractivity contribution in [3.8, 4) is 0 Å². The number of aromatic nitrogens is 3. The second-order valence-corrected chi connectivity index (χ2v) is 4.81. The average Bonchev–Trinajstić information content (AvgIpc) is 3.01. The molecule has 2 heterocycles. The Morgan fingerprint density at radius 3 is 3.17 bits per heavy atom. The number of rotatable bonds is 6. The van der Waals surface area contributed by atoms with E-state index in [1.165, 1.54) is 4.88 Å². The third-order valence-electron chi connectivity index (χ3n) is 2.34. The Balaban J connectivity index is 1.91. The molecule has 18 heavy (non-hydrogen) atoms. The molecule has 2 rings (SSSR count). The Bertz CT molecular complexity index is 493. The van der Waals surface area contributed by atoms with Gasteiger partial charge in [0.2, 0.25) is 0 Å². The van der Waals surface area contributed by atoms with Crippen LogP contribution in [-0.2, 0) is 6.54 Å². The largest absolute Gasteiger partial charge is 0.351 e. The Morgan fingerprint density at radius 1 is 1.56 bits per heavy atom. The lowest BCUT2D eigenvalue weighted by Crippen LogP contribution is -2.26. The van der Waals surface area contributed by atoms with Crippen LogP contribution in [0.15, 0.2) is 23.7 Å². The van der Waals surface area contributed by atoms with Crippen LogP contribution in [0.1, 0.15) is 21.8 Å². The van der Waals surface area contributed by atoms with Gasteiger partial charge in [-0.05, 0) is 24.4 Å². The van der Waals surface area contributed by atoms with Crippen LogP contribution in [0, 0.1) is 0 Å². The first-order valence-corrected chi connectivity index (χ1v) is 6.58. The summed E-state index contributed by atoms with van der Waals surface area (Å²) < 4.78 is 1.66. The first kappa shape index (κ1) is 12.7. The number of thiophene rings is 1. The molecule has 2 aromatic heterocycles. The van der Waals surface area contributed by atoms with Gasteiger partial charge in [0, 0.05) is 11.4 Å². The molecule has 7 heteroatoms. The van der Waals surface area contributed by atoms with Crippen molar-refractivity contribution in [2.45, 2.75) is 13.0 Å². The third kappa shape index (κ3) is 3.38. The maximum Gasteiger partial charge on any atom is 0.273 e. The molecular weight excluding hydrogens is 250 g/mol. The summed E-state index contributed by atoms with van der Waals surface area (Å²) in [5.41, 5.74) is 5.69. The van der Waals surface area contributed by atoms with Crippen LogP contribution >= 0.6 is 11.3 Å². The second kappa shape index (κ2) is 6.27. The van der Waals surface area contributed by atoms with Crippen molar-refractivity contribution >= 4 is 17.2 Å². The van der Waals surface area contributed by atoms with Gasteiger partial charge in [0.25, 0.3) is 5.91 Å². The first-order chi connectivity index (χ1) is 8.79. The van der Waals surface area contributed by atoms with Gasteiger partial charge < -0.3 is 11.1 Å². The van der Waals surface area contributed by atoms with E-state index in [0.717, 1.165) is 6.42 Å². The van der Waals surface area contributed by atoms with E-state index >= 15 is 0 Å². The molecule has 0 aliphatic rings. The maximum atomic E-state index is 11.7. The minimum Gasteiger partial charge on any atom is -0.351 e. The first-order valence-electron chi connectivity index (χ1n) is 5.70. The summed E-state index contributed by atoms with van der Waals surface area (Å²) in [7, 11) is 0. The molecule has 0 saturated carbocycles. The highest BCUT2D eigenvalue weighted by molar-refractivity contribution is 7.09. The molecule has 0 spiro atoms. The molecule has 1 amide bonds. The summed E-state index contributed by atoms with van der Waals surface area (Å²) >= 11 is 1.65. The number of amides is 1. The summed E-state index contributed by atoms with van der Waals surface area (Å²) in [6.45, 7) is 1.76. The Labute approximate surface area is 109 Å². The Morgan fingerprint density at radius 2 is 2.44 bits per heavy atom. The van der Waals surface area contributed by atoms with E-state index in [1.54, 1.807) is 22.2 Å². The smallest absolute Gasteiger partial charge is 0.273 e. The van der Waals surface area contributed by atoms with E-state index in [9.17, 15) is 4.79 Å². The quantitative estimate of drug-likeness (QED) is 0.743. The summed E-state index contributed by atoms with van der Waals surface area (Å²) in [5.74, 6) is -0.208. The van der Waals surface area contributed by atoms with Crippen molar-refractivity contribution in [3.63, 3.8) is 0 Å². The van der Waals surface area contributed by atoms with Crippen LogP contribution in [-0.4, -0.2) is 34.0 Å². The molecule has 0 aliphatic heterocycles. The molecule has 2 aromatic rings. The highest BCUT2D eigenvalue weighted by Crippen LogP contribution is 2.09. The van der Waals surface area contributed by atoms with Crippen LogP contribution in [0.5, 0.6) is 0 Å². The molecular formula is C11H15N5OS. The van der Waals surface area contributed by atoms with Gasteiger partial charge in [-0.15, -0.1) is 16.4 Å². The van der Waals surface area contributed by atoms with Crippen LogP contribution in [0.25, 0.3) is 0 Å². The van der Waals surface area contributed by atoms with Gasteiger partial charge in [0.1, 0.15) is 0 Å². The van der Waals surface area contributed by atoms with Gasteiger partial charge >= 0.3 is 0 Å². The highest BCUT2D eigenvalue weighted by Gasteiger charge is 2.10. The van der Waals surface area contributed by atoms with E-state index in [1.807, 2.05) is 17.5 Å². The maximum absolute atomic E-state index is 11.7. The average molecular weight is 265 g/mol. The minimum atomic E-state index is -0.208. The molecule has 6 nitrogen and oxygen atoms in total. The predicted molar refractivity (Wildman–Crippen MR) is 69.4 cm³/mol. The van der Waals surface area contributed by atoms with Crippen molar-refractivity contribution in [1.82, 2.24) is 20.3 Å². The minimum absolute atomic E-state index is 0.208. The van der Waals surface area contributed by atoms with E-state index in [0.29, 0.717) is 25.3 Å². The van der Waals surface area contributed by atoms with Crippen molar-refractivity contribution in [2.75, 3.05) is 13.1 Å². The van der Waals surface area contributed by atoms with Crippen molar-refractivity contribution in [1.29, 1.82) is 0 Å². The Hall–Kier alpha value is -1.73. The highest BCUT2D eigenvalue weighted by atomic mass is 32.1. The van der Waals surface area contributed by atoms with Gasteiger partial charge in [-0.2, -0.15) is 0 Å². The van der Waals surface area contributed by atoms with Gasteiger partial charge in [-0.3, -0.25) is 4.79 Å². The van der Waals surface area contributed by atoms with Gasteiger partial charge in [0.05, 0.1) is 12.7 Å². The molecule has 0 radical (unpaired) electrons. The van der Waals surface area contributed by atoms with Crippen molar-refractivity contribution in [3.05, 3.63) is 34.3 Å². The monoisotopic (exact) mass is 265 g/mol. The molecule has 0 fully saturated rings. The number of carbonyl (C=O) groups excluding carboxylic acids is 1. The molecule has 3 N–H and O–H groups in total. The van der Waals surface area contributed by atoms with Crippen LogP contribution in [0.3, 0.4) is 0 Å². The second-order valence-electron chi connectivity index (χ2n) is 3.78. The number of nitrogens with zero attached hydrogens (tertiary/aromatic N) is 3. The molecule has 0 bridgehead atoms. The number of hydrogen-bond acceptors (Lipinski definition) is 5. The SMILES string of the molecule is NCCCNC(=O)c1cn(Cc2cccs2)nn1. The number of nitrogens with two attached hydrogens (primary N) is 1. The lowest BCUT2D eigenvalue weighted by Gasteiger charge is -1.99. The zero-order valence-corrected chi connectivity index (χ0v) is 10.7. The number of hydrogen-bond donors (Lipinski definition) is 2. The van der Waals surface area contributed by atoms with Gasteiger partial charge in [-0.25, -0.2) is 4.68 Å². The number of carbonyl (C=O) groups is 1. The van der Waals surface area contributed by atoms with Crippen LogP contribution in [0.4, 0.5) is 0 Å². The zero-order valence-electron chi connectivity index (χ0n) is 9.87. The molecule has 0 unspecified atom stereocenters. The molecule has 0 aliphatic carbocycles. The number of nitrogens with one attached hydrogen (secondary N) is 1. The third-order valence-corrected chi connectivity index (χ3v) is 3.20.